The molecule has 0 amide bonds. The molecule has 0 aliphatic carbocycles. The van der Waals surface area contributed by atoms with E-state index in [1.807, 2.05) is 0 Å². The second-order valence-corrected chi connectivity index (χ2v) is 8.08. The van der Waals surface area contributed by atoms with Crippen molar-refractivity contribution in [3.8, 4) is 0 Å². The van der Waals surface area contributed by atoms with Crippen molar-refractivity contribution in [1.82, 2.24) is 9.55 Å². The van der Waals surface area contributed by atoms with E-state index in [1.165, 1.54) is 18.8 Å². The molecule has 1 fully saturated rings. The van der Waals surface area contributed by atoms with Gasteiger partial charge in [-0.05, 0) is 6.92 Å². The zero-order valence-corrected chi connectivity index (χ0v) is 13.9. The Morgan fingerprint density at radius 2 is 2.04 bits per heavy atom. The number of H-pyrrole nitrogens is 1. The standard InChI is InChI=1S/C13H19N2O7P/c1-6-10-7(5-23(19,20-2)21-3)11-8(16)4-9(22-11)15(10)13(18)14-12(6)17/h7-9,11,16H,4-5H2,1-3H3,(H,14,17,18)/t7-,8?,9-,11-/m1/s1. The number of aromatic nitrogens is 2. The number of nitrogens with one attached hydrogen (secondary N) is 1. The van der Waals surface area contributed by atoms with Crippen LogP contribution in [0.4, 0.5) is 0 Å². The predicted molar refractivity (Wildman–Crippen MR) is 79.8 cm³/mol. The third kappa shape index (κ3) is 2.53. The van der Waals surface area contributed by atoms with Gasteiger partial charge in [0.2, 0.25) is 0 Å². The van der Waals surface area contributed by atoms with Crippen molar-refractivity contribution in [2.24, 2.45) is 0 Å². The minimum Gasteiger partial charge on any atom is -0.390 e. The molecule has 128 valence electrons. The largest absolute Gasteiger partial charge is 0.390 e. The smallest absolute Gasteiger partial charge is 0.330 e. The normalized spacial score (nSPS) is 29.6. The Hall–Kier alpha value is -1.25. The zero-order valence-electron chi connectivity index (χ0n) is 13.0. The summed E-state index contributed by atoms with van der Waals surface area (Å²) >= 11 is 0. The summed E-state index contributed by atoms with van der Waals surface area (Å²) in [5.41, 5.74) is -0.360. The number of aliphatic hydroxyl groups excluding tert-OH is 1. The number of hydrogen-bond acceptors (Lipinski definition) is 7. The third-order valence-corrected chi connectivity index (χ3v) is 6.53. The number of aliphatic hydroxyl groups is 1. The summed E-state index contributed by atoms with van der Waals surface area (Å²) in [5, 5.41) is 10.2. The maximum absolute atomic E-state index is 12.5. The van der Waals surface area contributed by atoms with Gasteiger partial charge in [0.25, 0.3) is 5.56 Å². The maximum atomic E-state index is 12.5. The van der Waals surface area contributed by atoms with E-state index in [9.17, 15) is 19.3 Å². The monoisotopic (exact) mass is 346 g/mol. The van der Waals surface area contributed by atoms with Crippen LogP contribution < -0.4 is 11.2 Å². The van der Waals surface area contributed by atoms with Crippen molar-refractivity contribution in [3.63, 3.8) is 0 Å². The summed E-state index contributed by atoms with van der Waals surface area (Å²) < 4.78 is 29.5. The molecule has 2 N–H and O–H groups in total. The van der Waals surface area contributed by atoms with Gasteiger partial charge in [-0.15, -0.1) is 0 Å². The highest BCUT2D eigenvalue weighted by molar-refractivity contribution is 7.53. The van der Waals surface area contributed by atoms with Crippen LogP contribution in [0.25, 0.3) is 0 Å². The van der Waals surface area contributed by atoms with Gasteiger partial charge < -0.3 is 18.9 Å². The van der Waals surface area contributed by atoms with Crippen LogP contribution in [0.2, 0.25) is 0 Å². The van der Waals surface area contributed by atoms with Crippen molar-refractivity contribution >= 4 is 7.60 Å². The SMILES string of the molecule is COP(=O)(C[C@@H]1c2c(C)c(=O)[nH]c(=O)n2[C@H]2CC(O)[C@@H]1O2)OC. The third-order valence-electron chi connectivity index (χ3n) is 4.57. The highest BCUT2D eigenvalue weighted by Gasteiger charge is 2.50. The van der Waals surface area contributed by atoms with E-state index < -0.39 is 43.2 Å². The summed E-state index contributed by atoms with van der Waals surface area (Å²) in [6.45, 7) is 1.58. The fourth-order valence-electron chi connectivity index (χ4n) is 3.41. The first-order chi connectivity index (χ1) is 10.8. The molecule has 0 radical (unpaired) electrons. The van der Waals surface area contributed by atoms with E-state index in [2.05, 4.69) is 4.98 Å². The molecule has 2 aliphatic heterocycles. The fourth-order valence-corrected chi connectivity index (χ4v) is 4.72. The first kappa shape index (κ1) is 16.6. The molecule has 4 atom stereocenters. The Labute approximate surface area is 131 Å². The predicted octanol–water partition coefficient (Wildman–Crippen LogP) is 0.0765. The molecule has 2 aliphatic rings. The number of ether oxygens (including phenoxy) is 1. The molecule has 23 heavy (non-hydrogen) atoms. The fraction of sp³-hybridized carbons (Fsp3) is 0.692. The van der Waals surface area contributed by atoms with Gasteiger partial charge in [0.15, 0.2) is 0 Å². The van der Waals surface area contributed by atoms with E-state index in [0.29, 0.717) is 11.3 Å². The van der Waals surface area contributed by atoms with Crippen molar-refractivity contribution < 1.29 is 23.5 Å². The zero-order chi connectivity index (χ0) is 16.9. The Morgan fingerprint density at radius 1 is 1.39 bits per heavy atom. The lowest BCUT2D eigenvalue weighted by atomic mass is 9.94. The highest BCUT2D eigenvalue weighted by Crippen LogP contribution is 2.54. The van der Waals surface area contributed by atoms with Crippen LogP contribution in [-0.2, 0) is 18.3 Å². The van der Waals surface area contributed by atoms with Crippen LogP contribution in [0.1, 0.15) is 29.8 Å². The van der Waals surface area contributed by atoms with Gasteiger partial charge in [-0.1, -0.05) is 0 Å². The van der Waals surface area contributed by atoms with E-state index in [4.69, 9.17) is 13.8 Å². The summed E-state index contributed by atoms with van der Waals surface area (Å²) in [6, 6.07) is 0. The van der Waals surface area contributed by atoms with Gasteiger partial charge in [-0.25, -0.2) is 4.79 Å². The molecule has 1 unspecified atom stereocenters. The number of nitrogens with zero attached hydrogens (tertiary/aromatic N) is 1. The summed E-state index contributed by atoms with van der Waals surface area (Å²) in [6.07, 6.45) is -2.02. The molecular formula is C13H19N2O7P. The van der Waals surface area contributed by atoms with Crippen molar-refractivity contribution in [1.29, 1.82) is 0 Å². The summed E-state index contributed by atoms with van der Waals surface area (Å²) in [4.78, 5) is 26.4. The Bertz CT molecular complexity index is 778. The van der Waals surface area contributed by atoms with Gasteiger partial charge in [-0.2, -0.15) is 0 Å². The lowest BCUT2D eigenvalue weighted by Crippen LogP contribution is -2.44. The van der Waals surface area contributed by atoms with Crippen molar-refractivity contribution in [2.75, 3.05) is 20.4 Å². The second kappa shape index (κ2) is 5.68. The molecule has 2 bridgehead atoms. The molecule has 1 aromatic heterocycles. The lowest BCUT2D eigenvalue weighted by molar-refractivity contribution is -0.0548. The van der Waals surface area contributed by atoms with Crippen LogP contribution >= 0.6 is 7.60 Å². The minimum absolute atomic E-state index is 0.0990. The number of rotatable bonds is 4. The van der Waals surface area contributed by atoms with Crippen LogP contribution in [0.5, 0.6) is 0 Å². The van der Waals surface area contributed by atoms with E-state index in [0.717, 1.165) is 0 Å². The summed E-state index contributed by atoms with van der Waals surface area (Å²) in [7, 11) is -0.906. The molecule has 3 heterocycles. The first-order valence-corrected chi connectivity index (χ1v) is 8.93. The molecule has 10 heteroatoms. The molecular weight excluding hydrogens is 327 g/mol. The van der Waals surface area contributed by atoms with Gasteiger partial charge in [0.1, 0.15) is 6.23 Å². The van der Waals surface area contributed by atoms with E-state index in [-0.39, 0.29) is 12.6 Å². The molecule has 3 rings (SSSR count). The molecule has 9 nitrogen and oxygen atoms in total. The van der Waals surface area contributed by atoms with Gasteiger partial charge in [-0.3, -0.25) is 18.9 Å². The van der Waals surface area contributed by atoms with Crippen LogP contribution in [-0.4, -0.2) is 47.2 Å². The van der Waals surface area contributed by atoms with Crippen LogP contribution in [0, 0.1) is 6.92 Å². The van der Waals surface area contributed by atoms with Crippen molar-refractivity contribution in [2.45, 2.75) is 37.7 Å². The first-order valence-electron chi connectivity index (χ1n) is 7.20. The quantitative estimate of drug-likeness (QED) is 0.741. The van der Waals surface area contributed by atoms with Crippen LogP contribution in [0.15, 0.2) is 9.59 Å². The lowest BCUT2D eigenvalue weighted by Gasteiger charge is -2.35. The molecule has 1 saturated heterocycles. The Morgan fingerprint density at radius 3 is 2.65 bits per heavy atom. The van der Waals surface area contributed by atoms with Gasteiger partial charge >= 0.3 is 13.3 Å². The highest BCUT2D eigenvalue weighted by atomic mass is 31.2. The molecule has 0 saturated carbocycles. The number of hydrogen-bond donors (Lipinski definition) is 2. The van der Waals surface area contributed by atoms with Crippen molar-refractivity contribution in [3.05, 3.63) is 32.1 Å². The minimum atomic E-state index is -3.43. The van der Waals surface area contributed by atoms with Gasteiger partial charge in [0, 0.05) is 37.8 Å². The van der Waals surface area contributed by atoms with Gasteiger partial charge in [0.05, 0.1) is 18.4 Å². The maximum Gasteiger partial charge on any atom is 0.330 e. The average Bonchev–Trinajstić information content (AvgIpc) is 2.85. The molecule has 0 aromatic carbocycles. The van der Waals surface area contributed by atoms with E-state index >= 15 is 0 Å². The second-order valence-electron chi connectivity index (χ2n) is 5.76. The number of fused-ring (bicyclic) bond motifs is 4. The van der Waals surface area contributed by atoms with Crippen LogP contribution in [0.3, 0.4) is 0 Å². The Kier molecular flexibility index (Phi) is 4.10. The molecule has 1 aromatic rings. The Balaban J connectivity index is 2.19. The topological polar surface area (TPSA) is 120 Å². The average molecular weight is 346 g/mol. The molecule has 0 spiro atoms. The van der Waals surface area contributed by atoms with E-state index in [1.54, 1.807) is 6.92 Å². The summed E-state index contributed by atoms with van der Waals surface area (Å²) in [5.74, 6) is -0.649. The number of aromatic amines is 1.